The molecule has 1 aliphatic rings. The van der Waals surface area contributed by atoms with Gasteiger partial charge in [0, 0.05) is 13.1 Å². The van der Waals surface area contributed by atoms with E-state index in [1.54, 1.807) is 17.6 Å². The fourth-order valence-electron chi connectivity index (χ4n) is 1.95. The molecule has 0 bridgehead atoms. The Kier molecular flexibility index (Phi) is 6.00. The Balaban J connectivity index is 0.00000161. The minimum atomic E-state index is 0. The first-order chi connectivity index (χ1) is 9.83. The molecule has 0 radical (unpaired) electrons. The molecule has 0 unspecified atom stereocenters. The van der Waals surface area contributed by atoms with Crippen molar-refractivity contribution < 1.29 is 9.15 Å². The van der Waals surface area contributed by atoms with Crippen molar-refractivity contribution in [1.82, 2.24) is 9.88 Å². The third-order valence-electron chi connectivity index (χ3n) is 3.02. The minimum absolute atomic E-state index is 0. The van der Waals surface area contributed by atoms with E-state index in [-0.39, 0.29) is 24.0 Å². The van der Waals surface area contributed by atoms with Gasteiger partial charge < -0.3 is 19.8 Å². The zero-order chi connectivity index (χ0) is 13.8. The number of nitrogens with two attached hydrogens (primary N) is 1. The van der Waals surface area contributed by atoms with Gasteiger partial charge in [0.25, 0.3) is 0 Å². The summed E-state index contributed by atoms with van der Waals surface area (Å²) in [7, 11) is 0. The smallest absolute Gasteiger partial charge is 0.236 e. The van der Waals surface area contributed by atoms with Crippen LogP contribution in [0.15, 0.2) is 33.2 Å². The van der Waals surface area contributed by atoms with Gasteiger partial charge in [-0.3, -0.25) is 0 Å². The van der Waals surface area contributed by atoms with Crippen molar-refractivity contribution in [2.75, 3.05) is 26.3 Å². The van der Waals surface area contributed by atoms with Crippen molar-refractivity contribution >= 4 is 41.3 Å². The van der Waals surface area contributed by atoms with Crippen LogP contribution in [0.25, 0.3) is 10.8 Å². The monoisotopic (exact) mass is 420 g/mol. The Bertz CT molecular complexity index is 579. The molecule has 3 heterocycles. The standard InChI is InChI=1S/C13H16N4O2S.HI/c14-13(17-3-5-18-6-4-17)15-8-10-9-19-12(16-10)11-2-1-7-20-11;/h1-2,7,9H,3-6,8H2,(H2,14,15);1H. The molecule has 1 aliphatic heterocycles. The molecule has 0 saturated carbocycles. The predicted molar refractivity (Wildman–Crippen MR) is 92.9 cm³/mol. The lowest BCUT2D eigenvalue weighted by atomic mass is 10.4. The second-order valence-electron chi connectivity index (χ2n) is 4.40. The highest BCUT2D eigenvalue weighted by molar-refractivity contribution is 14.0. The van der Waals surface area contributed by atoms with Gasteiger partial charge in [0.2, 0.25) is 5.89 Å². The average molecular weight is 420 g/mol. The van der Waals surface area contributed by atoms with Crippen LogP contribution in [-0.2, 0) is 11.3 Å². The fourth-order valence-corrected chi connectivity index (χ4v) is 2.60. The molecule has 0 atom stereocenters. The lowest BCUT2D eigenvalue weighted by Gasteiger charge is -2.27. The molecule has 1 saturated heterocycles. The summed E-state index contributed by atoms with van der Waals surface area (Å²) in [5.41, 5.74) is 6.74. The van der Waals surface area contributed by atoms with Crippen molar-refractivity contribution in [3.63, 3.8) is 0 Å². The molecule has 1 fully saturated rings. The fraction of sp³-hybridized carbons (Fsp3) is 0.385. The molecule has 8 heteroatoms. The molecule has 2 N–H and O–H groups in total. The topological polar surface area (TPSA) is 76.9 Å². The Morgan fingerprint density at radius 1 is 1.43 bits per heavy atom. The van der Waals surface area contributed by atoms with Crippen LogP contribution in [0.2, 0.25) is 0 Å². The first-order valence-corrected chi connectivity index (χ1v) is 7.32. The van der Waals surface area contributed by atoms with E-state index in [9.17, 15) is 0 Å². The number of guanidine groups is 1. The molecule has 21 heavy (non-hydrogen) atoms. The van der Waals surface area contributed by atoms with Crippen LogP contribution in [0.5, 0.6) is 0 Å². The highest BCUT2D eigenvalue weighted by Crippen LogP contribution is 2.23. The Labute approximate surface area is 144 Å². The third kappa shape index (κ3) is 4.17. The molecule has 2 aromatic heterocycles. The van der Waals surface area contributed by atoms with Crippen molar-refractivity contribution in [3.05, 3.63) is 29.5 Å². The van der Waals surface area contributed by atoms with Crippen molar-refractivity contribution in [3.8, 4) is 10.8 Å². The van der Waals surface area contributed by atoms with E-state index < -0.39 is 0 Å². The zero-order valence-corrected chi connectivity index (χ0v) is 14.5. The van der Waals surface area contributed by atoms with Crippen molar-refractivity contribution in [2.24, 2.45) is 10.7 Å². The zero-order valence-electron chi connectivity index (χ0n) is 11.4. The Morgan fingerprint density at radius 3 is 2.95 bits per heavy atom. The lowest BCUT2D eigenvalue weighted by Crippen LogP contribution is -2.44. The van der Waals surface area contributed by atoms with Crippen LogP contribution in [0, 0.1) is 0 Å². The van der Waals surface area contributed by atoms with Crippen LogP contribution < -0.4 is 5.73 Å². The number of thiophene rings is 1. The number of nitrogens with zero attached hydrogens (tertiary/aromatic N) is 3. The van der Waals surface area contributed by atoms with Crippen LogP contribution in [-0.4, -0.2) is 42.1 Å². The number of hydrogen-bond acceptors (Lipinski definition) is 5. The highest BCUT2D eigenvalue weighted by Gasteiger charge is 2.12. The van der Waals surface area contributed by atoms with Gasteiger partial charge >= 0.3 is 0 Å². The largest absolute Gasteiger partial charge is 0.443 e. The van der Waals surface area contributed by atoms with Crippen LogP contribution >= 0.6 is 35.3 Å². The molecule has 2 aromatic rings. The van der Waals surface area contributed by atoms with Crippen molar-refractivity contribution in [1.29, 1.82) is 0 Å². The lowest BCUT2D eigenvalue weighted by molar-refractivity contribution is 0.0674. The van der Waals surface area contributed by atoms with E-state index in [2.05, 4.69) is 9.98 Å². The first kappa shape index (κ1) is 16.2. The minimum Gasteiger partial charge on any atom is -0.443 e. The normalized spacial score (nSPS) is 15.8. The van der Waals surface area contributed by atoms with Gasteiger partial charge in [0.1, 0.15) is 12.0 Å². The maximum atomic E-state index is 5.96. The molecular weight excluding hydrogens is 403 g/mol. The third-order valence-corrected chi connectivity index (χ3v) is 3.88. The summed E-state index contributed by atoms with van der Waals surface area (Å²) in [6, 6.07) is 3.95. The first-order valence-electron chi connectivity index (χ1n) is 6.44. The van der Waals surface area contributed by atoms with Crippen molar-refractivity contribution in [2.45, 2.75) is 6.54 Å². The van der Waals surface area contributed by atoms with Gasteiger partial charge in [-0.2, -0.15) is 0 Å². The summed E-state index contributed by atoms with van der Waals surface area (Å²) in [6.45, 7) is 3.40. The number of morpholine rings is 1. The summed E-state index contributed by atoms with van der Waals surface area (Å²) < 4.78 is 10.7. The number of aromatic nitrogens is 1. The SMILES string of the molecule is I.NC(=NCc1coc(-c2cccs2)n1)N1CCOCC1. The number of rotatable bonds is 3. The molecule has 0 aromatic carbocycles. The summed E-state index contributed by atoms with van der Waals surface area (Å²) in [5.74, 6) is 1.17. The van der Waals surface area contributed by atoms with Crippen LogP contribution in [0.3, 0.4) is 0 Å². The molecular formula is C13H17IN4O2S. The molecule has 114 valence electrons. The van der Waals surface area contributed by atoms with E-state index >= 15 is 0 Å². The molecule has 0 spiro atoms. The number of oxazole rings is 1. The summed E-state index contributed by atoms with van der Waals surface area (Å²) in [4.78, 5) is 11.8. The van der Waals surface area contributed by atoms with Gasteiger partial charge in [-0.05, 0) is 11.4 Å². The predicted octanol–water partition coefficient (Wildman–Crippen LogP) is 2.17. The summed E-state index contributed by atoms with van der Waals surface area (Å²) in [6.07, 6.45) is 1.63. The molecule has 0 amide bonds. The van der Waals surface area contributed by atoms with E-state index in [1.165, 1.54) is 0 Å². The second kappa shape index (κ2) is 7.76. The van der Waals surface area contributed by atoms with Crippen LogP contribution in [0.1, 0.15) is 5.69 Å². The number of aliphatic imine (C=N–C) groups is 1. The maximum absolute atomic E-state index is 5.96. The second-order valence-corrected chi connectivity index (χ2v) is 5.34. The Hall–Kier alpha value is -1.13. The molecule has 6 nitrogen and oxygen atoms in total. The van der Waals surface area contributed by atoms with E-state index in [4.69, 9.17) is 14.9 Å². The quantitative estimate of drug-likeness (QED) is 0.468. The van der Waals surface area contributed by atoms with E-state index in [0.717, 1.165) is 23.7 Å². The van der Waals surface area contributed by atoms with Gasteiger partial charge in [-0.25, -0.2) is 9.98 Å². The number of hydrogen-bond donors (Lipinski definition) is 1. The highest BCUT2D eigenvalue weighted by atomic mass is 127. The van der Waals surface area contributed by atoms with Gasteiger partial charge in [0.15, 0.2) is 5.96 Å². The van der Waals surface area contributed by atoms with E-state index in [0.29, 0.717) is 31.6 Å². The summed E-state index contributed by atoms with van der Waals surface area (Å²) in [5, 5.41) is 1.99. The van der Waals surface area contributed by atoms with Gasteiger partial charge in [0.05, 0.1) is 24.6 Å². The molecule has 0 aliphatic carbocycles. The van der Waals surface area contributed by atoms with Gasteiger partial charge in [-0.15, -0.1) is 35.3 Å². The average Bonchev–Trinajstić information content (AvgIpc) is 3.16. The van der Waals surface area contributed by atoms with Crippen LogP contribution in [0.4, 0.5) is 0 Å². The number of ether oxygens (including phenoxy) is 1. The maximum Gasteiger partial charge on any atom is 0.236 e. The van der Waals surface area contributed by atoms with E-state index in [1.807, 2.05) is 22.4 Å². The Morgan fingerprint density at radius 2 is 2.24 bits per heavy atom. The van der Waals surface area contributed by atoms with Gasteiger partial charge in [-0.1, -0.05) is 6.07 Å². The number of halogens is 1. The molecule has 3 rings (SSSR count). The summed E-state index contributed by atoms with van der Waals surface area (Å²) >= 11 is 1.60.